The first-order valence-electron chi connectivity index (χ1n) is 7.23. The fraction of sp³-hybridized carbons (Fsp3) is 0.412. The van der Waals surface area contributed by atoms with Crippen molar-refractivity contribution in [1.29, 1.82) is 0 Å². The van der Waals surface area contributed by atoms with E-state index in [1.807, 2.05) is 38.1 Å². The van der Waals surface area contributed by atoms with Gasteiger partial charge in [0.05, 0.1) is 6.54 Å². The van der Waals surface area contributed by atoms with Crippen LogP contribution >= 0.6 is 0 Å². The van der Waals surface area contributed by atoms with Crippen molar-refractivity contribution >= 4 is 17.9 Å². The number of hydrogen-bond donors (Lipinski definition) is 1. The first-order valence-corrected chi connectivity index (χ1v) is 7.23. The fourth-order valence-electron chi connectivity index (χ4n) is 1.82. The standard InChI is InChI=1S/C17H24N2O2/c1-5-14-6-8-15(9-7-14)10-11-17(21)19(4)12-16(20)18-13(2)3/h6-11,13H,5,12H2,1-4H3,(H,18,20)/b11-10+. The Kier molecular flexibility index (Phi) is 6.66. The van der Waals surface area contributed by atoms with Crippen molar-refractivity contribution in [3.8, 4) is 0 Å². The minimum absolute atomic E-state index is 0.0656. The van der Waals surface area contributed by atoms with Crippen LogP contribution in [0.1, 0.15) is 31.9 Å². The summed E-state index contributed by atoms with van der Waals surface area (Å²) < 4.78 is 0. The van der Waals surface area contributed by atoms with E-state index >= 15 is 0 Å². The molecule has 0 saturated heterocycles. The Bertz CT molecular complexity index is 504. The van der Waals surface area contributed by atoms with E-state index in [0.717, 1.165) is 12.0 Å². The van der Waals surface area contributed by atoms with Gasteiger partial charge >= 0.3 is 0 Å². The lowest BCUT2D eigenvalue weighted by molar-refractivity contribution is -0.131. The molecule has 0 unspecified atom stereocenters. The van der Waals surface area contributed by atoms with Crippen LogP contribution in [-0.4, -0.2) is 36.3 Å². The highest BCUT2D eigenvalue weighted by Crippen LogP contribution is 2.07. The molecular weight excluding hydrogens is 264 g/mol. The second-order valence-corrected chi connectivity index (χ2v) is 5.34. The summed E-state index contributed by atoms with van der Waals surface area (Å²) in [5.41, 5.74) is 2.24. The number of carbonyl (C=O) groups excluding carboxylic acids is 2. The maximum absolute atomic E-state index is 11.9. The molecule has 0 spiro atoms. The van der Waals surface area contributed by atoms with E-state index < -0.39 is 0 Å². The summed E-state index contributed by atoms with van der Waals surface area (Å²) in [6, 6.07) is 8.13. The number of likely N-dealkylation sites (N-methyl/N-ethyl adjacent to an activating group) is 1. The van der Waals surface area contributed by atoms with Crippen LogP contribution in [-0.2, 0) is 16.0 Å². The third-order valence-electron chi connectivity index (χ3n) is 3.01. The van der Waals surface area contributed by atoms with Gasteiger partial charge in [0.1, 0.15) is 0 Å². The molecule has 4 heteroatoms. The van der Waals surface area contributed by atoms with E-state index in [1.54, 1.807) is 13.1 Å². The molecule has 0 aliphatic rings. The maximum atomic E-state index is 11.9. The van der Waals surface area contributed by atoms with Gasteiger partial charge in [-0.15, -0.1) is 0 Å². The van der Waals surface area contributed by atoms with Crippen LogP contribution in [0.15, 0.2) is 30.3 Å². The van der Waals surface area contributed by atoms with Gasteiger partial charge in [0.15, 0.2) is 0 Å². The minimum atomic E-state index is -0.187. The molecule has 21 heavy (non-hydrogen) atoms. The van der Waals surface area contributed by atoms with Gasteiger partial charge in [-0.3, -0.25) is 9.59 Å². The quantitative estimate of drug-likeness (QED) is 0.816. The summed E-state index contributed by atoms with van der Waals surface area (Å²) in [4.78, 5) is 24.9. The fourth-order valence-corrected chi connectivity index (χ4v) is 1.82. The van der Waals surface area contributed by atoms with Crippen molar-refractivity contribution in [2.45, 2.75) is 33.2 Å². The smallest absolute Gasteiger partial charge is 0.246 e. The molecule has 0 radical (unpaired) electrons. The Labute approximate surface area is 126 Å². The Hall–Kier alpha value is -2.10. The molecule has 1 aromatic carbocycles. The topological polar surface area (TPSA) is 49.4 Å². The first-order chi connectivity index (χ1) is 9.92. The lowest BCUT2D eigenvalue weighted by Gasteiger charge is -2.16. The van der Waals surface area contributed by atoms with Gasteiger partial charge in [0.25, 0.3) is 0 Å². The van der Waals surface area contributed by atoms with E-state index in [4.69, 9.17) is 0 Å². The van der Waals surface area contributed by atoms with Crippen LogP contribution < -0.4 is 5.32 Å². The normalized spacial score (nSPS) is 10.9. The molecule has 0 saturated carbocycles. The van der Waals surface area contributed by atoms with E-state index in [2.05, 4.69) is 12.2 Å². The maximum Gasteiger partial charge on any atom is 0.246 e. The predicted octanol–water partition coefficient (Wildman–Crippen LogP) is 2.25. The van der Waals surface area contributed by atoms with E-state index in [1.165, 1.54) is 16.5 Å². The van der Waals surface area contributed by atoms with Gasteiger partial charge < -0.3 is 10.2 Å². The zero-order valence-electron chi connectivity index (χ0n) is 13.2. The second-order valence-electron chi connectivity index (χ2n) is 5.34. The SMILES string of the molecule is CCc1ccc(/C=C/C(=O)N(C)CC(=O)NC(C)C)cc1. The van der Waals surface area contributed by atoms with Crippen LogP contribution in [0.25, 0.3) is 6.08 Å². The van der Waals surface area contributed by atoms with Crippen molar-refractivity contribution in [3.63, 3.8) is 0 Å². The van der Waals surface area contributed by atoms with E-state index in [9.17, 15) is 9.59 Å². The van der Waals surface area contributed by atoms with Crippen molar-refractivity contribution in [1.82, 2.24) is 10.2 Å². The molecular formula is C17H24N2O2. The van der Waals surface area contributed by atoms with Crippen molar-refractivity contribution in [3.05, 3.63) is 41.5 Å². The molecule has 2 amide bonds. The van der Waals surface area contributed by atoms with E-state index in [0.29, 0.717) is 0 Å². The lowest BCUT2D eigenvalue weighted by Crippen LogP contribution is -2.40. The molecule has 4 nitrogen and oxygen atoms in total. The minimum Gasteiger partial charge on any atom is -0.352 e. The van der Waals surface area contributed by atoms with Crippen LogP contribution in [0.3, 0.4) is 0 Å². The summed E-state index contributed by atoms with van der Waals surface area (Å²) in [5, 5.41) is 2.76. The van der Waals surface area contributed by atoms with Gasteiger partial charge in [-0.05, 0) is 37.5 Å². The van der Waals surface area contributed by atoms with Crippen LogP contribution in [0.2, 0.25) is 0 Å². The highest BCUT2D eigenvalue weighted by Gasteiger charge is 2.10. The Morgan fingerprint density at radius 1 is 1.24 bits per heavy atom. The molecule has 114 valence electrons. The molecule has 0 bridgehead atoms. The molecule has 0 aliphatic carbocycles. The molecule has 0 heterocycles. The first kappa shape index (κ1) is 17.0. The average molecular weight is 288 g/mol. The summed E-state index contributed by atoms with van der Waals surface area (Å²) in [5.74, 6) is -0.338. The number of nitrogens with one attached hydrogen (secondary N) is 1. The van der Waals surface area contributed by atoms with Gasteiger partial charge in [-0.25, -0.2) is 0 Å². The molecule has 1 aromatic rings. The highest BCUT2D eigenvalue weighted by molar-refractivity contribution is 5.94. The van der Waals surface area contributed by atoms with Crippen molar-refractivity contribution in [2.75, 3.05) is 13.6 Å². The summed E-state index contributed by atoms with van der Waals surface area (Å²) in [7, 11) is 1.62. The molecule has 1 N–H and O–H groups in total. The van der Waals surface area contributed by atoms with Gasteiger partial charge in [0, 0.05) is 19.2 Å². The summed E-state index contributed by atoms with van der Waals surface area (Å²) in [6.07, 6.45) is 4.25. The third kappa shape index (κ3) is 6.25. The summed E-state index contributed by atoms with van der Waals surface area (Å²) in [6.45, 7) is 5.95. The third-order valence-corrected chi connectivity index (χ3v) is 3.01. The Morgan fingerprint density at radius 3 is 2.38 bits per heavy atom. The number of aryl methyl sites for hydroxylation is 1. The predicted molar refractivity (Wildman–Crippen MR) is 85.8 cm³/mol. The highest BCUT2D eigenvalue weighted by atomic mass is 16.2. The average Bonchev–Trinajstić information content (AvgIpc) is 2.44. The zero-order valence-corrected chi connectivity index (χ0v) is 13.2. The van der Waals surface area contributed by atoms with Crippen LogP contribution in [0, 0.1) is 0 Å². The van der Waals surface area contributed by atoms with Crippen LogP contribution in [0.5, 0.6) is 0 Å². The zero-order chi connectivity index (χ0) is 15.8. The molecule has 1 rings (SSSR count). The molecule has 0 aromatic heterocycles. The van der Waals surface area contributed by atoms with E-state index in [-0.39, 0.29) is 24.4 Å². The Morgan fingerprint density at radius 2 is 1.86 bits per heavy atom. The lowest BCUT2D eigenvalue weighted by atomic mass is 10.1. The van der Waals surface area contributed by atoms with Gasteiger partial charge in [-0.1, -0.05) is 31.2 Å². The molecule has 0 atom stereocenters. The van der Waals surface area contributed by atoms with Crippen molar-refractivity contribution in [2.24, 2.45) is 0 Å². The molecule has 0 fully saturated rings. The Balaban J connectivity index is 2.54. The second kappa shape index (κ2) is 8.25. The number of benzene rings is 1. The van der Waals surface area contributed by atoms with Gasteiger partial charge in [-0.2, -0.15) is 0 Å². The van der Waals surface area contributed by atoms with Crippen LogP contribution in [0.4, 0.5) is 0 Å². The number of hydrogen-bond acceptors (Lipinski definition) is 2. The number of amides is 2. The monoisotopic (exact) mass is 288 g/mol. The largest absolute Gasteiger partial charge is 0.352 e. The number of carbonyl (C=O) groups is 2. The number of rotatable bonds is 6. The number of nitrogens with zero attached hydrogens (tertiary/aromatic N) is 1. The summed E-state index contributed by atoms with van der Waals surface area (Å²) >= 11 is 0. The molecule has 0 aliphatic heterocycles. The van der Waals surface area contributed by atoms with Gasteiger partial charge in [0.2, 0.25) is 11.8 Å². The van der Waals surface area contributed by atoms with Crippen molar-refractivity contribution < 1.29 is 9.59 Å².